The van der Waals surface area contributed by atoms with Crippen LogP contribution in [-0.4, -0.2) is 32.3 Å². The number of hydrogen-bond acceptors (Lipinski definition) is 5. The lowest BCUT2D eigenvalue weighted by atomic mass is 10.0. The maximum atomic E-state index is 6.35. The Morgan fingerprint density at radius 2 is 1.85 bits per heavy atom. The highest BCUT2D eigenvalue weighted by atomic mass is 35.5. The van der Waals surface area contributed by atoms with Crippen LogP contribution in [0.1, 0.15) is 0 Å². The molecule has 2 aromatic heterocycles. The van der Waals surface area contributed by atoms with Crippen LogP contribution in [-0.2, 0) is 0 Å². The van der Waals surface area contributed by atoms with Crippen molar-refractivity contribution in [3.8, 4) is 34.1 Å². The van der Waals surface area contributed by atoms with E-state index in [2.05, 4.69) is 20.4 Å². The molecule has 0 aliphatic rings. The molecule has 2 heterocycles. The molecule has 27 heavy (non-hydrogen) atoms. The molecule has 0 spiro atoms. The van der Waals surface area contributed by atoms with Crippen molar-refractivity contribution in [1.82, 2.24) is 25.2 Å². The van der Waals surface area contributed by atoms with Gasteiger partial charge in [-0.1, -0.05) is 41.4 Å². The molecule has 4 rings (SSSR count). The normalized spacial score (nSPS) is 10.8. The Morgan fingerprint density at radius 3 is 2.63 bits per heavy atom. The van der Waals surface area contributed by atoms with Crippen molar-refractivity contribution >= 4 is 23.2 Å². The van der Waals surface area contributed by atoms with Gasteiger partial charge in [-0.2, -0.15) is 0 Å². The lowest BCUT2D eigenvalue weighted by Gasteiger charge is -2.12. The van der Waals surface area contributed by atoms with E-state index in [1.165, 1.54) is 4.80 Å². The van der Waals surface area contributed by atoms with Crippen LogP contribution in [0.25, 0.3) is 28.3 Å². The summed E-state index contributed by atoms with van der Waals surface area (Å²) in [7, 11) is 1.59. The second-order valence-electron chi connectivity index (χ2n) is 5.60. The SMILES string of the molecule is COc1cc(-n2nnc(-c3ccccn3)n2)ccc1-c1cccc(Cl)c1Cl. The maximum Gasteiger partial charge on any atom is 0.223 e. The Balaban J connectivity index is 1.74. The van der Waals surface area contributed by atoms with Gasteiger partial charge in [-0.05, 0) is 35.5 Å². The van der Waals surface area contributed by atoms with E-state index in [0.717, 1.165) is 11.1 Å². The van der Waals surface area contributed by atoms with Gasteiger partial charge in [0.05, 0.1) is 22.8 Å². The van der Waals surface area contributed by atoms with Gasteiger partial charge in [-0.15, -0.1) is 15.0 Å². The second kappa shape index (κ2) is 7.34. The molecule has 0 N–H and O–H groups in total. The first-order valence-corrected chi connectivity index (χ1v) is 8.77. The Labute approximate surface area is 165 Å². The van der Waals surface area contributed by atoms with Gasteiger partial charge < -0.3 is 4.74 Å². The molecule has 2 aromatic carbocycles. The molecule has 0 bridgehead atoms. The molecular formula is C19H13Cl2N5O. The minimum atomic E-state index is 0.441. The molecule has 0 aliphatic heterocycles. The van der Waals surface area contributed by atoms with Crippen LogP contribution < -0.4 is 4.74 Å². The number of methoxy groups -OCH3 is 1. The van der Waals surface area contributed by atoms with Gasteiger partial charge in [0.2, 0.25) is 5.82 Å². The molecule has 6 nitrogen and oxygen atoms in total. The highest BCUT2D eigenvalue weighted by Crippen LogP contribution is 2.38. The average Bonchev–Trinajstić information content (AvgIpc) is 3.21. The third kappa shape index (κ3) is 3.37. The fourth-order valence-corrected chi connectivity index (χ4v) is 3.06. The number of aromatic nitrogens is 5. The first-order valence-electron chi connectivity index (χ1n) is 8.01. The minimum absolute atomic E-state index is 0.441. The van der Waals surface area contributed by atoms with E-state index in [-0.39, 0.29) is 0 Å². The number of pyridine rings is 1. The van der Waals surface area contributed by atoms with Gasteiger partial charge in [-0.3, -0.25) is 4.98 Å². The first kappa shape index (κ1) is 17.5. The van der Waals surface area contributed by atoms with Crippen LogP contribution >= 0.6 is 23.2 Å². The molecule has 0 fully saturated rings. The Kier molecular flexibility index (Phi) is 4.75. The smallest absolute Gasteiger partial charge is 0.223 e. The second-order valence-corrected chi connectivity index (χ2v) is 6.39. The molecule has 0 radical (unpaired) electrons. The summed E-state index contributed by atoms with van der Waals surface area (Å²) in [6, 6.07) is 16.6. The van der Waals surface area contributed by atoms with Crippen molar-refractivity contribution in [3.63, 3.8) is 0 Å². The number of rotatable bonds is 4. The average molecular weight is 398 g/mol. The molecule has 0 amide bonds. The van der Waals surface area contributed by atoms with E-state index in [4.69, 9.17) is 27.9 Å². The van der Waals surface area contributed by atoms with Crippen molar-refractivity contribution < 1.29 is 4.74 Å². The van der Waals surface area contributed by atoms with E-state index in [1.54, 1.807) is 19.4 Å². The van der Waals surface area contributed by atoms with E-state index in [9.17, 15) is 0 Å². The minimum Gasteiger partial charge on any atom is -0.496 e. The lowest BCUT2D eigenvalue weighted by molar-refractivity contribution is 0.416. The number of tetrazole rings is 1. The first-order chi connectivity index (χ1) is 13.2. The third-order valence-corrected chi connectivity index (χ3v) is 4.78. The van der Waals surface area contributed by atoms with Gasteiger partial charge in [0.15, 0.2) is 0 Å². The molecule has 0 atom stereocenters. The van der Waals surface area contributed by atoms with Crippen molar-refractivity contribution in [2.45, 2.75) is 0 Å². The van der Waals surface area contributed by atoms with Crippen molar-refractivity contribution in [1.29, 1.82) is 0 Å². The van der Waals surface area contributed by atoms with E-state index in [0.29, 0.717) is 33.0 Å². The highest BCUT2D eigenvalue weighted by molar-refractivity contribution is 6.43. The largest absolute Gasteiger partial charge is 0.496 e. The van der Waals surface area contributed by atoms with Gasteiger partial charge in [-0.25, -0.2) is 0 Å². The summed E-state index contributed by atoms with van der Waals surface area (Å²) >= 11 is 12.5. The number of ether oxygens (including phenoxy) is 1. The van der Waals surface area contributed by atoms with Crippen LogP contribution in [0, 0.1) is 0 Å². The number of nitrogens with zero attached hydrogens (tertiary/aromatic N) is 5. The van der Waals surface area contributed by atoms with Gasteiger partial charge in [0.25, 0.3) is 0 Å². The maximum absolute atomic E-state index is 6.35. The zero-order valence-electron chi connectivity index (χ0n) is 14.2. The number of halogens is 2. The lowest BCUT2D eigenvalue weighted by Crippen LogP contribution is -2.00. The summed E-state index contributed by atoms with van der Waals surface area (Å²) in [4.78, 5) is 5.66. The molecule has 0 saturated carbocycles. The molecule has 0 unspecified atom stereocenters. The predicted octanol–water partition coefficient (Wildman–Crippen LogP) is 4.71. The van der Waals surface area contributed by atoms with Crippen LogP contribution in [0.2, 0.25) is 10.0 Å². The van der Waals surface area contributed by atoms with Crippen molar-refractivity contribution in [2.24, 2.45) is 0 Å². The number of hydrogen-bond donors (Lipinski definition) is 0. The Hall–Kier alpha value is -2.96. The zero-order chi connectivity index (χ0) is 18.8. The van der Waals surface area contributed by atoms with Crippen LogP contribution in [0.4, 0.5) is 0 Å². The fourth-order valence-electron chi connectivity index (χ4n) is 2.66. The summed E-state index contributed by atoms with van der Waals surface area (Å²) in [5.74, 6) is 1.06. The van der Waals surface area contributed by atoms with E-state index >= 15 is 0 Å². The van der Waals surface area contributed by atoms with Gasteiger partial charge in [0, 0.05) is 23.4 Å². The van der Waals surface area contributed by atoms with Crippen LogP contribution in [0.15, 0.2) is 60.8 Å². The summed E-state index contributed by atoms with van der Waals surface area (Å²) in [5, 5.41) is 13.5. The van der Waals surface area contributed by atoms with E-state index in [1.807, 2.05) is 48.5 Å². The van der Waals surface area contributed by atoms with Crippen molar-refractivity contribution in [2.75, 3.05) is 7.11 Å². The Bertz CT molecular complexity index is 1100. The quantitative estimate of drug-likeness (QED) is 0.498. The fraction of sp³-hybridized carbons (Fsp3) is 0.0526. The molecule has 134 valence electrons. The summed E-state index contributed by atoms with van der Waals surface area (Å²) in [6.45, 7) is 0. The Morgan fingerprint density at radius 1 is 0.963 bits per heavy atom. The van der Waals surface area contributed by atoms with Gasteiger partial charge >= 0.3 is 0 Å². The standard InChI is InChI=1S/C19H13Cl2N5O/c1-27-17-11-12(8-9-13(17)14-5-4-6-15(20)18(14)21)26-24-19(23-25-26)16-7-2-3-10-22-16/h2-11H,1H3. The highest BCUT2D eigenvalue weighted by Gasteiger charge is 2.14. The molecule has 4 aromatic rings. The van der Waals surface area contributed by atoms with Gasteiger partial charge in [0.1, 0.15) is 11.4 Å². The molecule has 0 saturated heterocycles. The molecule has 0 aliphatic carbocycles. The van der Waals surface area contributed by atoms with Crippen LogP contribution in [0.5, 0.6) is 5.75 Å². The van der Waals surface area contributed by atoms with Crippen molar-refractivity contribution in [3.05, 3.63) is 70.8 Å². The molecule has 8 heteroatoms. The predicted molar refractivity (Wildman–Crippen MR) is 104 cm³/mol. The van der Waals surface area contributed by atoms with E-state index < -0.39 is 0 Å². The summed E-state index contributed by atoms with van der Waals surface area (Å²) in [6.07, 6.45) is 1.68. The summed E-state index contributed by atoms with van der Waals surface area (Å²) in [5.41, 5.74) is 2.95. The topological polar surface area (TPSA) is 65.7 Å². The monoisotopic (exact) mass is 397 g/mol. The zero-order valence-corrected chi connectivity index (χ0v) is 15.7. The number of benzene rings is 2. The van der Waals surface area contributed by atoms with Crippen LogP contribution in [0.3, 0.4) is 0 Å². The molecular weight excluding hydrogens is 385 g/mol. The summed E-state index contributed by atoms with van der Waals surface area (Å²) < 4.78 is 5.54. The third-order valence-electron chi connectivity index (χ3n) is 3.97.